The second kappa shape index (κ2) is 3.93. The van der Waals surface area contributed by atoms with Crippen LogP contribution in [0.3, 0.4) is 0 Å². The molecule has 16 heavy (non-hydrogen) atoms. The fraction of sp³-hybridized carbons (Fsp3) is 0.444. The van der Waals surface area contributed by atoms with Gasteiger partial charge in [-0.3, -0.25) is 4.79 Å². The molecular formula is C9H11N3O4. The predicted octanol–water partition coefficient (Wildman–Crippen LogP) is -0.706. The molecule has 1 aromatic heterocycles. The number of aliphatic hydroxyl groups is 1. The van der Waals surface area contributed by atoms with Crippen LogP contribution in [0.5, 0.6) is 0 Å². The minimum absolute atomic E-state index is 0.0212. The van der Waals surface area contributed by atoms with E-state index in [0.717, 1.165) is 4.68 Å². The Labute approximate surface area is 91.0 Å². The van der Waals surface area contributed by atoms with Crippen LogP contribution in [0.4, 0.5) is 0 Å². The van der Waals surface area contributed by atoms with Crippen molar-refractivity contribution in [1.29, 1.82) is 0 Å². The Morgan fingerprint density at radius 1 is 1.81 bits per heavy atom. The molecule has 0 fully saturated rings. The first kappa shape index (κ1) is 10.6. The number of fused-ring (bicyclic) bond motifs is 1. The van der Waals surface area contributed by atoms with Crippen molar-refractivity contribution in [3.05, 3.63) is 17.5 Å². The van der Waals surface area contributed by atoms with Gasteiger partial charge in [-0.2, -0.15) is 5.10 Å². The number of carbonyl (C=O) groups excluding carboxylic acids is 2. The summed E-state index contributed by atoms with van der Waals surface area (Å²) in [6.45, 7) is 1.99. The minimum Gasteiger partial charge on any atom is -0.461 e. The lowest BCUT2D eigenvalue weighted by molar-refractivity contribution is 0.0497. The Balaban J connectivity index is 2.35. The Morgan fingerprint density at radius 2 is 2.56 bits per heavy atom. The smallest absolute Gasteiger partial charge is 0.358 e. The lowest BCUT2D eigenvalue weighted by Gasteiger charge is -2.19. The average molecular weight is 225 g/mol. The van der Waals surface area contributed by atoms with E-state index >= 15 is 0 Å². The molecule has 0 bridgehead atoms. The number of hydrogen-bond acceptors (Lipinski definition) is 5. The number of aromatic nitrogens is 2. The number of rotatable bonds is 2. The van der Waals surface area contributed by atoms with Crippen molar-refractivity contribution in [2.24, 2.45) is 0 Å². The van der Waals surface area contributed by atoms with E-state index in [1.165, 1.54) is 6.07 Å². The topological polar surface area (TPSA) is 93.5 Å². The fourth-order valence-corrected chi connectivity index (χ4v) is 1.46. The largest absolute Gasteiger partial charge is 0.461 e. The molecule has 7 heteroatoms. The summed E-state index contributed by atoms with van der Waals surface area (Å²) in [5, 5.41) is 15.8. The van der Waals surface area contributed by atoms with Gasteiger partial charge in [-0.05, 0) is 6.92 Å². The van der Waals surface area contributed by atoms with Gasteiger partial charge in [0.15, 0.2) is 11.9 Å². The van der Waals surface area contributed by atoms with Gasteiger partial charge in [0.05, 0.1) is 13.2 Å². The molecule has 1 aromatic rings. The van der Waals surface area contributed by atoms with E-state index in [0.29, 0.717) is 0 Å². The van der Waals surface area contributed by atoms with Crippen LogP contribution in [0, 0.1) is 0 Å². The molecule has 1 atom stereocenters. The standard InChI is InChI=1S/C9H11N3O4/c1-2-16-9(15)5-3-6-8(14)10-4-7(13)12(6)11-5/h3,7,13H,2,4H2,1H3,(H,10,14). The summed E-state index contributed by atoms with van der Waals surface area (Å²) in [4.78, 5) is 22.8. The van der Waals surface area contributed by atoms with E-state index < -0.39 is 12.2 Å². The lowest BCUT2D eigenvalue weighted by Crippen LogP contribution is -2.39. The number of amides is 1. The first-order valence-electron chi connectivity index (χ1n) is 4.86. The SMILES string of the molecule is CCOC(=O)c1cc2n(n1)C(O)CNC2=O. The van der Waals surface area contributed by atoms with Crippen molar-refractivity contribution in [2.45, 2.75) is 13.2 Å². The van der Waals surface area contributed by atoms with Crippen LogP contribution in [0.1, 0.15) is 34.1 Å². The normalized spacial score (nSPS) is 18.9. The Bertz CT molecular complexity index is 440. The predicted molar refractivity (Wildman–Crippen MR) is 51.8 cm³/mol. The molecule has 2 heterocycles. The van der Waals surface area contributed by atoms with Crippen LogP contribution in [-0.2, 0) is 4.74 Å². The number of nitrogens with zero attached hydrogens (tertiary/aromatic N) is 2. The molecule has 1 amide bonds. The van der Waals surface area contributed by atoms with Gasteiger partial charge in [0.25, 0.3) is 5.91 Å². The number of β-amino-alcohol motifs (C(OH)–C–C–N with tert-alkyl or cyclic N) is 1. The Morgan fingerprint density at radius 3 is 3.19 bits per heavy atom. The van der Waals surface area contributed by atoms with Crippen molar-refractivity contribution < 1.29 is 19.4 Å². The first-order valence-corrected chi connectivity index (χ1v) is 4.86. The quantitative estimate of drug-likeness (QED) is 0.649. The van der Waals surface area contributed by atoms with Gasteiger partial charge in [-0.25, -0.2) is 9.48 Å². The zero-order chi connectivity index (χ0) is 11.7. The molecule has 2 rings (SSSR count). The zero-order valence-electron chi connectivity index (χ0n) is 8.64. The first-order chi connectivity index (χ1) is 7.63. The average Bonchev–Trinajstić information content (AvgIpc) is 2.70. The molecule has 7 nitrogen and oxygen atoms in total. The molecule has 0 saturated heterocycles. The van der Waals surface area contributed by atoms with Gasteiger partial charge in [-0.15, -0.1) is 0 Å². The number of aliphatic hydroxyl groups excluding tert-OH is 1. The number of hydrogen-bond donors (Lipinski definition) is 2. The van der Waals surface area contributed by atoms with E-state index in [-0.39, 0.29) is 30.4 Å². The van der Waals surface area contributed by atoms with Gasteiger partial charge in [-0.1, -0.05) is 0 Å². The highest BCUT2D eigenvalue weighted by Gasteiger charge is 2.27. The van der Waals surface area contributed by atoms with E-state index in [2.05, 4.69) is 10.4 Å². The molecular weight excluding hydrogens is 214 g/mol. The summed E-state index contributed by atoms with van der Waals surface area (Å²) in [6, 6.07) is 1.30. The van der Waals surface area contributed by atoms with Crippen LogP contribution in [0.2, 0.25) is 0 Å². The van der Waals surface area contributed by atoms with E-state index in [1.807, 2.05) is 0 Å². The number of esters is 1. The van der Waals surface area contributed by atoms with Crippen molar-refractivity contribution in [3.63, 3.8) is 0 Å². The van der Waals surface area contributed by atoms with Crippen molar-refractivity contribution in [1.82, 2.24) is 15.1 Å². The summed E-state index contributed by atoms with van der Waals surface area (Å²) >= 11 is 0. The Hall–Kier alpha value is -1.89. The van der Waals surface area contributed by atoms with Crippen molar-refractivity contribution >= 4 is 11.9 Å². The molecule has 0 saturated carbocycles. The van der Waals surface area contributed by atoms with Crippen LogP contribution < -0.4 is 5.32 Å². The van der Waals surface area contributed by atoms with Gasteiger partial charge < -0.3 is 15.2 Å². The van der Waals surface area contributed by atoms with Gasteiger partial charge in [0, 0.05) is 6.07 Å². The number of ether oxygens (including phenoxy) is 1. The third-order valence-electron chi connectivity index (χ3n) is 2.18. The Kier molecular flexibility index (Phi) is 2.61. The minimum atomic E-state index is -0.948. The van der Waals surface area contributed by atoms with Crippen molar-refractivity contribution in [2.75, 3.05) is 13.2 Å². The maximum absolute atomic E-state index is 11.4. The molecule has 0 aliphatic carbocycles. The molecule has 1 unspecified atom stereocenters. The van der Waals surface area contributed by atoms with Crippen LogP contribution in [0.25, 0.3) is 0 Å². The van der Waals surface area contributed by atoms with E-state index in [4.69, 9.17) is 4.74 Å². The summed E-state index contributed by atoms with van der Waals surface area (Å²) in [6.07, 6.45) is -0.948. The molecule has 0 radical (unpaired) electrons. The highest BCUT2D eigenvalue weighted by molar-refractivity contribution is 5.96. The van der Waals surface area contributed by atoms with Gasteiger partial charge in [0.1, 0.15) is 5.69 Å². The summed E-state index contributed by atoms with van der Waals surface area (Å²) in [5.74, 6) is -0.974. The lowest BCUT2D eigenvalue weighted by atomic mass is 10.3. The van der Waals surface area contributed by atoms with Crippen LogP contribution in [0.15, 0.2) is 6.07 Å². The highest BCUT2D eigenvalue weighted by atomic mass is 16.5. The molecule has 0 spiro atoms. The second-order valence-corrected chi connectivity index (χ2v) is 3.27. The van der Waals surface area contributed by atoms with Gasteiger partial charge in [0.2, 0.25) is 0 Å². The number of carbonyl (C=O) groups is 2. The van der Waals surface area contributed by atoms with Gasteiger partial charge >= 0.3 is 5.97 Å². The highest BCUT2D eigenvalue weighted by Crippen LogP contribution is 2.14. The molecule has 1 aliphatic heterocycles. The zero-order valence-corrected chi connectivity index (χ0v) is 8.64. The number of nitrogens with one attached hydrogen (secondary N) is 1. The fourth-order valence-electron chi connectivity index (χ4n) is 1.46. The third kappa shape index (κ3) is 1.65. The maximum atomic E-state index is 11.4. The van der Waals surface area contributed by atoms with E-state index in [1.54, 1.807) is 6.92 Å². The molecule has 1 aliphatic rings. The maximum Gasteiger partial charge on any atom is 0.358 e. The summed E-state index contributed by atoms with van der Waals surface area (Å²) in [7, 11) is 0. The summed E-state index contributed by atoms with van der Waals surface area (Å²) in [5.41, 5.74) is 0.176. The molecule has 86 valence electrons. The molecule has 2 N–H and O–H groups in total. The monoisotopic (exact) mass is 225 g/mol. The van der Waals surface area contributed by atoms with E-state index in [9.17, 15) is 14.7 Å². The summed E-state index contributed by atoms with van der Waals surface area (Å²) < 4.78 is 5.86. The molecule has 0 aromatic carbocycles. The second-order valence-electron chi connectivity index (χ2n) is 3.27. The van der Waals surface area contributed by atoms with Crippen LogP contribution in [-0.4, -0.2) is 39.9 Å². The van der Waals surface area contributed by atoms with Crippen LogP contribution >= 0.6 is 0 Å². The third-order valence-corrected chi connectivity index (χ3v) is 2.18. The van der Waals surface area contributed by atoms with Crippen molar-refractivity contribution in [3.8, 4) is 0 Å².